The molecule has 2 N–H and O–H groups in total. The molecular weight excluding hydrogens is 212 g/mol. The van der Waals surface area contributed by atoms with E-state index in [1.54, 1.807) is 0 Å². The Morgan fingerprint density at radius 3 is 2.18 bits per heavy atom. The smallest absolute Gasteiger partial charge is 0.0480 e. The van der Waals surface area contributed by atoms with Crippen LogP contribution in [0.5, 0.6) is 0 Å². The van der Waals surface area contributed by atoms with E-state index in [-0.39, 0.29) is 0 Å². The topological polar surface area (TPSA) is 38.5 Å². The summed E-state index contributed by atoms with van der Waals surface area (Å²) < 4.78 is 5.49. The van der Waals surface area contributed by atoms with Gasteiger partial charge in [0.25, 0.3) is 0 Å². The Morgan fingerprint density at radius 2 is 1.59 bits per heavy atom. The molecule has 1 heterocycles. The zero-order chi connectivity index (χ0) is 12.1. The van der Waals surface area contributed by atoms with Crippen molar-refractivity contribution in [2.24, 2.45) is 5.73 Å². The van der Waals surface area contributed by atoms with Crippen LogP contribution in [0.15, 0.2) is 0 Å². The maximum Gasteiger partial charge on any atom is 0.0480 e. The van der Waals surface area contributed by atoms with Crippen LogP contribution in [0, 0.1) is 0 Å². The molecule has 0 atom stereocenters. The first-order chi connectivity index (χ1) is 8.31. The molecule has 1 aliphatic heterocycles. The van der Waals surface area contributed by atoms with Gasteiger partial charge < -0.3 is 10.5 Å². The lowest BCUT2D eigenvalue weighted by molar-refractivity contribution is 0.00812. The van der Waals surface area contributed by atoms with Crippen LogP contribution >= 0.6 is 0 Å². The molecule has 0 spiro atoms. The Kier molecular flexibility index (Phi) is 5.26. The molecule has 3 heteroatoms. The van der Waals surface area contributed by atoms with E-state index >= 15 is 0 Å². The van der Waals surface area contributed by atoms with Crippen LogP contribution in [0.1, 0.15) is 51.9 Å². The van der Waals surface area contributed by atoms with Gasteiger partial charge in [-0.15, -0.1) is 0 Å². The fourth-order valence-electron chi connectivity index (χ4n) is 3.37. The van der Waals surface area contributed by atoms with Gasteiger partial charge in [-0.3, -0.25) is 4.90 Å². The second kappa shape index (κ2) is 6.72. The van der Waals surface area contributed by atoms with Crippen molar-refractivity contribution in [3.63, 3.8) is 0 Å². The van der Waals surface area contributed by atoms with Gasteiger partial charge in [0.15, 0.2) is 0 Å². The van der Waals surface area contributed by atoms with Crippen molar-refractivity contribution in [2.45, 2.75) is 70.0 Å². The molecule has 2 fully saturated rings. The highest BCUT2D eigenvalue weighted by Crippen LogP contribution is 2.27. The zero-order valence-electron chi connectivity index (χ0n) is 11.2. The van der Waals surface area contributed by atoms with Crippen LogP contribution in [0.4, 0.5) is 0 Å². The van der Waals surface area contributed by atoms with Crippen molar-refractivity contribution in [2.75, 3.05) is 19.8 Å². The van der Waals surface area contributed by atoms with E-state index in [0.717, 1.165) is 25.3 Å². The predicted octanol–water partition coefficient (Wildman–Crippen LogP) is 2.15. The monoisotopic (exact) mass is 240 g/mol. The van der Waals surface area contributed by atoms with Gasteiger partial charge in [-0.25, -0.2) is 0 Å². The SMILES string of the molecule is CCCN(C1CCOCC1)C1CCC(N)CC1. The Labute approximate surface area is 106 Å². The van der Waals surface area contributed by atoms with Crippen LogP contribution < -0.4 is 5.73 Å². The summed E-state index contributed by atoms with van der Waals surface area (Å²) in [5.41, 5.74) is 6.01. The summed E-state index contributed by atoms with van der Waals surface area (Å²) in [4.78, 5) is 2.77. The third-order valence-corrected chi connectivity index (χ3v) is 4.35. The summed E-state index contributed by atoms with van der Waals surface area (Å²) in [6, 6.07) is 2.02. The first-order valence-electron chi connectivity index (χ1n) is 7.40. The minimum Gasteiger partial charge on any atom is -0.381 e. The lowest BCUT2D eigenvalue weighted by Gasteiger charge is -2.42. The molecule has 1 saturated heterocycles. The standard InChI is InChI=1S/C14H28N2O/c1-2-9-16(14-7-10-17-11-8-14)13-5-3-12(15)4-6-13/h12-14H,2-11,15H2,1H3. The fourth-order valence-corrected chi connectivity index (χ4v) is 3.37. The van der Waals surface area contributed by atoms with Gasteiger partial charge in [0, 0.05) is 31.3 Å². The Morgan fingerprint density at radius 1 is 1.00 bits per heavy atom. The van der Waals surface area contributed by atoms with Crippen molar-refractivity contribution in [3.05, 3.63) is 0 Å². The largest absolute Gasteiger partial charge is 0.381 e. The predicted molar refractivity (Wildman–Crippen MR) is 71.1 cm³/mol. The minimum absolute atomic E-state index is 0.462. The maximum atomic E-state index is 6.01. The summed E-state index contributed by atoms with van der Waals surface area (Å²) >= 11 is 0. The van der Waals surface area contributed by atoms with E-state index in [1.165, 1.54) is 51.5 Å². The normalized spacial score (nSPS) is 31.9. The average Bonchev–Trinajstić information content (AvgIpc) is 2.38. The molecule has 2 aliphatic rings. The van der Waals surface area contributed by atoms with Gasteiger partial charge in [0.2, 0.25) is 0 Å². The van der Waals surface area contributed by atoms with Crippen LogP contribution in [0.25, 0.3) is 0 Å². The van der Waals surface area contributed by atoms with Crippen molar-refractivity contribution in [1.29, 1.82) is 0 Å². The Balaban J connectivity index is 1.90. The summed E-state index contributed by atoms with van der Waals surface area (Å²) in [7, 11) is 0. The molecule has 0 aromatic heterocycles. The third kappa shape index (κ3) is 3.67. The minimum atomic E-state index is 0.462. The van der Waals surface area contributed by atoms with Crippen molar-refractivity contribution in [3.8, 4) is 0 Å². The van der Waals surface area contributed by atoms with Gasteiger partial charge in [-0.05, 0) is 51.5 Å². The first kappa shape index (κ1) is 13.3. The number of nitrogens with zero attached hydrogens (tertiary/aromatic N) is 1. The van der Waals surface area contributed by atoms with Crippen LogP contribution in [-0.4, -0.2) is 42.8 Å². The molecule has 0 amide bonds. The molecule has 0 radical (unpaired) electrons. The number of hydrogen-bond acceptors (Lipinski definition) is 3. The first-order valence-corrected chi connectivity index (χ1v) is 7.40. The van der Waals surface area contributed by atoms with E-state index in [9.17, 15) is 0 Å². The molecule has 0 bridgehead atoms. The van der Waals surface area contributed by atoms with Crippen LogP contribution in [-0.2, 0) is 4.74 Å². The summed E-state index contributed by atoms with van der Waals surface area (Å²) in [5, 5.41) is 0. The molecule has 17 heavy (non-hydrogen) atoms. The van der Waals surface area contributed by atoms with Gasteiger partial charge in [0.1, 0.15) is 0 Å². The van der Waals surface area contributed by atoms with E-state index in [0.29, 0.717) is 6.04 Å². The highest BCUT2D eigenvalue weighted by Gasteiger charge is 2.29. The number of hydrogen-bond donors (Lipinski definition) is 1. The average molecular weight is 240 g/mol. The second-order valence-corrected chi connectivity index (χ2v) is 5.65. The fraction of sp³-hybridized carbons (Fsp3) is 1.00. The van der Waals surface area contributed by atoms with Gasteiger partial charge in [0.05, 0.1) is 0 Å². The molecule has 3 nitrogen and oxygen atoms in total. The van der Waals surface area contributed by atoms with Crippen molar-refractivity contribution < 1.29 is 4.74 Å². The maximum absolute atomic E-state index is 6.01. The molecule has 2 rings (SSSR count). The van der Waals surface area contributed by atoms with Crippen LogP contribution in [0.2, 0.25) is 0 Å². The summed E-state index contributed by atoms with van der Waals surface area (Å²) in [5.74, 6) is 0. The Bertz CT molecular complexity index is 208. The molecule has 0 unspecified atom stereocenters. The molecule has 1 aliphatic carbocycles. The molecule has 0 aromatic carbocycles. The number of nitrogens with two attached hydrogens (primary N) is 1. The van der Waals surface area contributed by atoms with E-state index < -0.39 is 0 Å². The number of ether oxygens (including phenoxy) is 1. The van der Waals surface area contributed by atoms with Crippen LogP contribution in [0.3, 0.4) is 0 Å². The third-order valence-electron chi connectivity index (χ3n) is 4.35. The van der Waals surface area contributed by atoms with E-state index in [1.807, 2.05) is 0 Å². The molecule has 100 valence electrons. The van der Waals surface area contributed by atoms with Gasteiger partial charge >= 0.3 is 0 Å². The Hall–Kier alpha value is -0.120. The lowest BCUT2D eigenvalue weighted by atomic mass is 9.89. The second-order valence-electron chi connectivity index (χ2n) is 5.65. The van der Waals surface area contributed by atoms with E-state index in [4.69, 9.17) is 10.5 Å². The highest BCUT2D eigenvalue weighted by molar-refractivity contribution is 4.85. The quantitative estimate of drug-likeness (QED) is 0.818. The summed E-state index contributed by atoms with van der Waals surface area (Å²) in [6.45, 7) is 5.46. The highest BCUT2D eigenvalue weighted by atomic mass is 16.5. The zero-order valence-corrected chi connectivity index (χ0v) is 11.2. The van der Waals surface area contributed by atoms with E-state index in [2.05, 4.69) is 11.8 Å². The van der Waals surface area contributed by atoms with Crippen molar-refractivity contribution in [1.82, 2.24) is 4.90 Å². The molecule has 1 saturated carbocycles. The lowest BCUT2D eigenvalue weighted by Crippen LogP contribution is -2.48. The molecular formula is C14H28N2O. The van der Waals surface area contributed by atoms with Gasteiger partial charge in [-0.1, -0.05) is 6.92 Å². The number of rotatable bonds is 4. The van der Waals surface area contributed by atoms with Crippen molar-refractivity contribution >= 4 is 0 Å². The van der Waals surface area contributed by atoms with Gasteiger partial charge in [-0.2, -0.15) is 0 Å². The summed E-state index contributed by atoms with van der Waals surface area (Å²) in [6.07, 6.45) is 8.75. The molecule has 0 aromatic rings.